The van der Waals surface area contributed by atoms with Crippen molar-refractivity contribution in [2.75, 3.05) is 12.4 Å². The number of rotatable bonds is 1. The fourth-order valence-electron chi connectivity index (χ4n) is 1.29. The molecular formula is C10H8BrFN2. The Bertz CT molecular complexity index is 485. The second-order valence-electron chi connectivity index (χ2n) is 2.90. The zero-order valence-corrected chi connectivity index (χ0v) is 9.10. The van der Waals surface area contributed by atoms with Gasteiger partial charge in [-0.1, -0.05) is 6.07 Å². The molecule has 1 aromatic heterocycles. The molecule has 0 saturated carbocycles. The van der Waals surface area contributed by atoms with E-state index in [0.29, 0.717) is 9.86 Å². The van der Waals surface area contributed by atoms with Gasteiger partial charge in [-0.25, -0.2) is 9.37 Å². The molecule has 2 aromatic rings. The Kier molecular flexibility index (Phi) is 2.37. The van der Waals surface area contributed by atoms with Crippen LogP contribution in [0.4, 0.5) is 10.2 Å². The van der Waals surface area contributed by atoms with Crippen LogP contribution < -0.4 is 5.32 Å². The maximum Gasteiger partial charge on any atom is 0.146 e. The van der Waals surface area contributed by atoms with Crippen molar-refractivity contribution in [1.82, 2.24) is 4.98 Å². The van der Waals surface area contributed by atoms with E-state index in [-0.39, 0.29) is 5.82 Å². The van der Waals surface area contributed by atoms with Crippen LogP contribution in [0.25, 0.3) is 10.8 Å². The summed E-state index contributed by atoms with van der Waals surface area (Å²) in [6, 6.07) is 5.35. The van der Waals surface area contributed by atoms with Crippen LogP contribution in [-0.2, 0) is 0 Å². The van der Waals surface area contributed by atoms with Gasteiger partial charge < -0.3 is 5.32 Å². The fraction of sp³-hybridized carbons (Fsp3) is 0.100. The van der Waals surface area contributed by atoms with Crippen LogP contribution in [0.1, 0.15) is 0 Å². The average molecular weight is 255 g/mol. The van der Waals surface area contributed by atoms with E-state index in [9.17, 15) is 4.39 Å². The smallest absolute Gasteiger partial charge is 0.146 e. The molecule has 0 saturated heterocycles. The Hall–Kier alpha value is -1.16. The van der Waals surface area contributed by atoms with Gasteiger partial charge in [0.25, 0.3) is 0 Å². The molecule has 1 heterocycles. The Balaban J connectivity index is 2.74. The van der Waals surface area contributed by atoms with Gasteiger partial charge in [-0.2, -0.15) is 0 Å². The van der Waals surface area contributed by atoms with Crippen LogP contribution in [0, 0.1) is 5.82 Å². The zero-order chi connectivity index (χ0) is 10.1. The van der Waals surface area contributed by atoms with E-state index in [0.717, 1.165) is 11.2 Å². The van der Waals surface area contributed by atoms with E-state index in [2.05, 4.69) is 26.2 Å². The number of hydrogen-bond acceptors (Lipinski definition) is 2. The zero-order valence-electron chi connectivity index (χ0n) is 7.51. The number of pyridine rings is 1. The molecule has 1 aromatic carbocycles. The lowest BCUT2D eigenvalue weighted by Gasteiger charge is -2.03. The van der Waals surface area contributed by atoms with Crippen molar-refractivity contribution in [2.24, 2.45) is 0 Å². The first-order valence-corrected chi connectivity index (χ1v) is 4.93. The SMILES string of the molecule is CNc1cc2ccc(Br)c(F)c2cn1. The van der Waals surface area contributed by atoms with Gasteiger partial charge >= 0.3 is 0 Å². The number of fused-ring (bicyclic) bond motifs is 1. The van der Waals surface area contributed by atoms with Gasteiger partial charge in [-0.15, -0.1) is 0 Å². The maximum atomic E-state index is 13.5. The third kappa shape index (κ3) is 1.46. The van der Waals surface area contributed by atoms with E-state index in [4.69, 9.17) is 0 Å². The Morgan fingerprint density at radius 2 is 2.21 bits per heavy atom. The molecule has 2 nitrogen and oxygen atoms in total. The van der Waals surface area contributed by atoms with Crippen molar-refractivity contribution in [2.45, 2.75) is 0 Å². The third-order valence-corrected chi connectivity index (χ3v) is 2.66. The first kappa shape index (κ1) is 9.40. The highest BCUT2D eigenvalue weighted by Gasteiger charge is 2.05. The number of hydrogen-bond donors (Lipinski definition) is 1. The Morgan fingerprint density at radius 3 is 2.93 bits per heavy atom. The summed E-state index contributed by atoms with van der Waals surface area (Å²) < 4.78 is 14.0. The van der Waals surface area contributed by atoms with E-state index in [1.807, 2.05) is 12.1 Å². The molecule has 1 N–H and O–H groups in total. The standard InChI is InChI=1S/C10H8BrFN2/c1-13-9-4-6-2-3-8(11)10(12)7(6)5-14-9/h2-5H,1H3,(H,13,14). The Morgan fingerprint density at radius 1 is 1.43 bits per heavy atom. The van der Waals surface area contributed by atoms with E-state index in [1.165, 1.54) is 6.20 Å². The molecule has 72 valence electrons. The third-order valence-electron chi connectivity index (χ3n) is 2.05. The quantitative estimate of drug-likeness (QED) is 0.846. The summed E-state index contributed by atoms with van der Waals surface area (Å²) >= 11 is 3.13. The van der Waals surface area contributed by atoms with Gasteiger partial charge in [0, 0.05) is 18.6 Å². The first-order valence-electron chi connectivity index (χ1n) is 4.14. The van der Waals surface area contributed by atoms with Crippen molar-refractivity contribution in [3.8, 4) is 0 Å². The lowest BCUT2D eigenvalue weighted by atomic mass is 10.1. The van der Waals surface area contributed by atoms with Crippen molar-refractivity contribution >= 4 is 32.5 Å². The van der Waals surface area contributed by atoms with Crippen LogP contribution in [-0.4, -0.2) is 12.0 Å². The summed E-state index contributed by atoms with van der Waals surface area (Å²) in [5.41, 5.74) is 0. The van der Waals surface area contributed by atoms with Crippen LogP contribution in [0.2, 0.25) is 0 Å². The summed E-state index contributed by atoms with van der Waals surface area (Å²) in [5, 5.41) is 4.27. The van der Waals surface area contributed by atoms with Gasteiger partial charge in [-0.05, 0) is 33.4 Å². The predicted octanol–water partition coefficient (Wildman–Crippen LogP) is 3.18. The minimum absolute atomic E-state index is 0.266. The van der Waals surface area contributed by atoms with E-state index < -0.39 is 0 Å². The van der Waals surface area contributed by atoms with Crippen LogP contribution in [0.5, 0.6) is 0 Å². The molecule has 0 atom stereocenters. The van der Waals surface area contributed by atoms with Crippen molar-refractivity contribution in [3.05, 3.63) is 34.7 Å². The molecule has 0 bridgehead atoms. The lowest BCUT2D eigenvalue weighted by Crippen LogP contribution is -1.92. The Labute approximate surface area is 89.3 Å². The molecule has 0 aliphatic heterocycles. The predicted molar refractivity (Wildman–Crippen MR) is 58.9 cm³/mol. The molecule has 0 unspecified atom stereocenters. The highest BCUT2D eigenvalue weighted by Crippen LogP contribution is 2.25. The lowest BCUT2D eigenvalue weighted by molar-refractivity contribution is 0.633. The van der Waals surface area contributed by atoms with Crippen molar-refractivity contribution < 1.29 is 4.39 Å². The van der Waals surface area contributed by atoms with Crippen molar-refractivity contribution in [1.29, 1.82) is 0 Å². The molecule has 0 radical (unpaired) electrons. The number of aromatic nitrogens is 1. The van der Waals surface area contributed by atoms with Gasteiger partial charge in [0.05, 0.1) is 4.47 Å². The second kappa shape index (κ2) is 3.53. The summed E-state index contributed by atoms with van der Waals surface area (Å²) in [7, 11) is 1.78. The second-order valence-corrected chi connectivity index (χ2v) is 3.76. The summed E-state index contributed by atoms with van der Waals surface area (Å²) in [6.45, 7) is 0. The highest BCUT2D eigenvalue weighted by molar-refractivity contribution is 9.10. The van der Waals surface area contributed by atoms with Crippen LogP contribution >= 0.6 is 15.9 Å². The normalized spacial score (nSPS) is 10.5. The fourth-order valence-corrected chi connectivity index (χ4v) is 1.64. The highest BCUT2D eigenvalue weighted by atomic mass is 79.9. The number of benzene rings is 1. The topological polar surface area (TPSA) is 24.9 Å². The number of nitrogens with zero attached hydrogens (tertiary/aromatic N) is 1. The number of halogens is 2. The molecule has 2 rings (SSSR count). The molecular weight excluding hydrogens is 247 g/mol. The number of anilines is 1. The summed E-state index contributed by atoms with van der Waals surface area (Å²) in [5.74, 6) is 0.469. The molecule has 4 heteroatoms. The summed E-state index contributed by atoms with van der Waals surface area (Å²) in [4.78, 5) is 4.06. The van der Waals surface area contributed by atoms with Gasteiger partial charge in [-0.3, -0.25) is 0 Å². The molecule has 0 amide bonds. The average Bonchev–Trinajstić information content (AvgIpc) is 2.23. The van der Waals surface area contributed by atoms with E-state index in [1.54, 1.807) is 13.1 Å². The maximum absolute atomic E-state index is 13.5. The molecule has 14 heavy (non-hydrogen) atoms. The summed E-state index contributed by atoms with van der Waals surface area (Å²) in [6.07, 6.45) is 1.53. The molecule has 0 aliphatic rings. The van der Waals surface area contributed by atoms with Gasteiger partial charge in [0.2, 0.25) is 0 Å². The molecule has 0 spiro atoms. The van der Waals surface area contributed by atoms with Crippen molar-refractivity contribution in [3.63, 3.8) is 0 Å². The molecule has 0 fully saturated rings. The van der Waals surface area contributed by atoms with Gasteiger partial charge in [0.15, 0.2) is 0 Å². The van der Waals surface area contributed by atoms with Crippen LogP contribution in [0.3, 0.4) is 0 Å². The largest absolute Gasteiger partial charge is 0.373 e. The minimum Gasteiger partial charge on any atom is -0.373 e. The van der Waals surface area contributed by atoms with Gasteiger partial charge in [0.1, 0.15) is 11.6 Å². The van der Waals surface area contributed by atoms with E-state index >= 15 is 0 Å². The molecule has 0 aliphatic carbocycles. The minimum atomic E-state index is -0.266. The first-order chi connectivity index (χ1) is 6.72. The number of nitrogens with one attached hydrogen (secondary N) is 1. The van der Waals surface area contributed by atoms with Crippen LogP contribution in [0.15, 0.2) is 28.9 Å². The monoisotopic (exact) mass is 254 g/mol.